The van der Waals surface area contributed by atoms with E-state index in [4.69, 9.17) is 0 Å². The third-order valence-corrected chi connectivity index (χ3v) is 7.08. The van der Waals surface area contributed by atoms with Crippen molar-refractivity contribution < 1.29 is 24.0 Å². The van der Waals surface area contributed by atoms with E-state index < -0.39 is 47.5 Å². The van der Waals surface area contributed by atoms with Gasteiger partial charge in [-0.25, -0.2) is 0 Å². The Balaban J connectivity index is 1.60. The van der Waals surface area contributed by atoms with Crippen LogP contribution in [0.2, 0.25) is 0 Å². The zero-order valence-electron chi connectivity index (χ0n) is 24.0. The summed E-state index contributed by atoms with van der Waals surface area (Å²) in [4.78, 5) is 66.8. The fourth-order valence-corrected chi connectivity index (χ4v) is 4.65. The molecule has 0 spiro atoms. The second-order valence-electron chi connectivity index (χ2n) is 10.7. The van der Waals surface area contributed by atoms with Gasteiger partial charge in [-0.3, -0.25) is 24.0 Å². The molecule has 0 bridgehead atoms. The molecular weight excluding hydrogens is 522 g/mol. The van der Waals surface area contributed by atoms with E-state index in [9.17, 15) is 24.0 Å². The summed E-state index contributed by atoms with van der Waals surface area (Å²) in [5.74, 6) is -3.40. The van der Waals surface area contributed by atoms with Crippen molar-refractivity contribution in [3.63, 3.8) is 0 Å². The molecule has 10 nitrogen and oxygen atoms in total. The molecule has 2 aromatic rings. The molecule has 4 amide bonds. The number of likely N-dealkylation sites (tertiary alicyclic amines) is 1. The highest BCUT2D eigenvalue weighted by atomic mass is 16.2. The number of carbonyl (C=O) groups excluding carboxylic acids is 5. The minimum Gasteiger partial charge on any atom is -0.348 e. The van der Waals surface area contributed by atoms with Gasteiger partial charge in [-0.15, -0.1) is 0 Å². The molecule has 1 heterocycles. The van der Waals surface area contributed by atoms with Crippen LogP contribution >= 0.6 is 0 Å². The van der Waals surface area contributed by atoms with E-state index in [-0.39, 0.29) is 12.3 Å². The third-order valence-electron chi connectivity index (χ3n) is 7.08. The molecule has 1 aliphatic heterocycles. The van der Waals surface area contributed by atoms with Crippen molar-refractivity contribution in [3.05, 3.63) is 71.8 Å². The molecular formula is C31H41N5O5. The highest BCUT2D eigenvalue weighted by Gasteiger charge is 2.32. The Morgan fingerprint density at radius 1 is 0.780 bits per heavy atom. The van der Waals surface area contributed by atoms with E-state index in [1.165, 1.54) is 6.92 Å². The third kappa shape index (κ3) is 9.82. The predicted molar refractivity (Wildman–Crippen MR) is 156 cm³/mol. The molecule has 3 rings (SSSR count). The molecule has 1 fully saturated rings. The maximum absolute atomic E-state index is 13.3. The van der Waals surface area contributed by atoms with Crippen LogP contribution in [-0.4, -0.2) is 78.6 Å². The van der Waals surface area contributed by atoms with Gasteiger partial charge >= 0.3 is 0 Å². The van der Waals surface area contributed by atoms with Crippen molar-refractivity contribution in [2.75, 3.05) is 26.2 Å². The number of nitrogens with zero attached hydrogens (tertiary/aromatic N) is 1. The van der Waals surface area contributed by atoms with Gasteiger partial charge in [0.1, 0.15) is 12.1 Å². The van der Waals surface area contributed by atoms with Crippen molar-refractivity contribution in [2.45, 2.75) is 58.2 Å². The lowest BCUT2D eigenvalue weighted by molar-refractivity contribution is -0.141. The van der Waals surface area contributed by atoms with Crippen molar-refractivity contribution in [2.24, 2.45) is 5.92 Å². The van der Waals surface area contributed by atoms with Crippen molar-refractivity contribution in [3.8, 4) is 0 Å². The topological polar surface area (TPSA) is 137 Å². The van der Waals surface area contributed by atoms with Crippen molar-refractivity contribution in [1.29, 1.82) is 0 Å². The minimum absolute atomic E-state index is 0.213. The Morgan fingerprint density at radius 3 is 2.00 bits per heavy atom. The van der Waals surface area contributed by atoms with E-state index in [1.54, 1.807) is 44.2 Å². The standard InChI is InChI=1S/C31H41N5O5/c1-21(2)26(27(37)31(41)32-16-19-36-17-10-11-18-36)35-28(38)22(3)33-30(40)25(20-23-12-6-4-7-13-23)34-29(39)24-14-8-5-9-15-24/h4-9,12-15,21-22,25-26H,10-11,16-20H2,1-3H3,(H,32,41)(H,33,40)(H,34,39)(H,35,38)/t22-,25-,26?/m0/s1. The van der Waals surface area contributed by atoms with E-state index in [1.807, 2.05) is 30.3 Å². The van der Waals surface area contributed by atoms with E-state index in [0.717, 1.165) is 31.5 Å². The predicted octanol–water partition coefficient (Wildman–Crippen LogP) is 1.45. The second-order valence-corrected chi connectivity index (χ2v) is 10.7. The number of hydrogen-bond acceptors (Lipinski definition) is 6. The maximum Gasteiger partial charge on any atom is 0.289 e. The Hall–Kier alpha value is -4.05. The molecule has 1 unspecified atom stereocenters. The molecule has 10 heteroatoms. The fourth-order valence-electron chi connectivity index (χ4n) is 4.65. The highest BCUT2D eigenvalue weighted by molar-refractivity contribution is 6.38. The molecule has 0 aliphatic carbocycles. The van der Waals surface area contributed by atoms with Crippen molar-refractivity contribution in [1.82, 2.24) is 26.2 Å². The summed E-state index contributed by atoms with van der Waals surface area (Å²) in [6.45, 7) is 7.96. The first-order chi connectivity index (χ1) is 19.7. The minimum atomic E-state index is -1.05. The average Bonchev–Trinajstić information content (AvgIpc) is 3.49. The van der Waals surface area contributed by atoms with Gasteiger partial charge in [0.25, 0.3) is 11.8 Å². The largest absolute Gasteiger partial charge is 0.348 e. The number of nitrogens with one attached hydrogen (secondary N) is 4. The molecule has 220 valence electrons. The number of Topliss-reactive ketones (excluding diaryl/α,β-unsaturated/α-hetero) is 1. The van der Waals surface area contributed by atoms with Crippen LogP contribution in [0.3, 0.4) is 0 Å². The van der Waals surface area contributed by atoms with Gasteiger partial charge in [-0.1, -0.05) is 62.4 Å². The number of hydrogen-bond donors (Lipinski definition) is 4. The van der Waals surface area contributed by atoms with Crippen LogP contribution in [-0.2, 0) is 25.6 Å². The Morgan fingerprint density at radius 2 is 1.39 bits per heavy atom. The van der Waals surface area contributed by atoms with Crippen LogP contribution in [0.1, 0.15) is 49.5 Å². The van der Waals surface area contributed by atoms with Crippen LogP contribution in [0.25, 0.3) is 0 Å². The first kappa shape index (κ1) is 31.5. The van der Waals surface area contributed by atoms with Crippen LogP contribution in [0.5, 0.6) is 0 Å². The summed E-state index contributed by atoms with van der Waals surface area (Å²) in [6.07, 6.45) is 2.48. The van der Waals surface area contributed by atoms with E-state index in [0.29, 0.717) is 18.7 Å². The molecule has 4 N–H and O–H groups in total. The first-order valence-corrected chi connectivity index (χ1v) is 14.2. The van der Waals surface area contributed by atoms with Gasteiger partial charge in [-0.2, -0.15) is 0 Å². The van der Waals surface area contributed by atoms with Crippen LogP contribution in [0, 0.1) is 5.92 Å². The molecule has 0 aromatic heterocycles. The fraction of sp³-hybridized carbons (Fsp3) is 0.452. The molecule has 0 radical (unpaired) electrons. The van der Waals surface area contributed by atoms with Crippen LogP contribution < -0.4 is 21.3 Å². The normalized spacial score (nSPS) is 15.4. The van der Waals surface area contributed by atoms with E-state index >= 15 is 0 Å². The highest BCUT2D eigenvalue weighted by Crippen LogP contribution is 2.08. The summed E-state index contributed by atoms with van der Waals surface area (Å²) in [6, 6.07) is 14.7. The lowest BCUT2D eigenvalue weighted by atomic mass is 9.98. The van der Waals surface area contributed by atoms with Gasteiger partial charge in [0, 0.05) is 25.1 Å². The average molecular weight is 564 g/mol. The second kappa shape index (κ2) is 15.7. The zero-order chi connectivity index (χ0) is 29.8. The first-order valence-electron chi connectivity index (χ1n) is 14.2. The summed E-state index contributed by atoms with van der Waals surface area (Å²) < 4.78 is 0. The quantitative estimate of drug-likeness (QED) is 0.257. The van der Waals surface area contributed by atoms with Gasteiger partial charge in [-0.05, 0) is 56.5 Å². The Kier molecular flexibility index (Phi) is 12.0. The molecule has 3 atom stereocenters. The summed E-state index contributed by atoms with van der Waals surface area (Å²) >= 11 is 0. The number of carbonyl (C=O) groups is 5. The molecule has 41 heavy (non-hydrogen) atoms. The number of rotatable bonds is 14. The molecule has 0 saturated carbocycles. The van der Waals surface area contributed by atoms with Gasteiger partial charge in [0.05, 0.1) is 6.04 Å². The number of ketones is 1. The number of amides is 4. The maximum atomic E-state index is 13.3. The van der Waals surface area contributed by atoms with Gasteiger partial charge in [0.2, 0.25) is 17.6 Å². The monoisotopic (exact) mass is 563 g/mol. The van der Waals surface area contributed by atoms with Crippen LogP contribution in [0.4, 0.5) is 0 Å². The Bertz CT molecular complexity index is 1180. The van der Waals surface area contributed by atoms with E-state index in [2.05, 4.69) is 26.2 Å². The zero-order valence-corrected chi connectivity index (χ0v) is 24.0. The summed E-state index contributed by atoms with van der Waals surface area (Å²) in [5, 5.41) is 10.7. The smallest absolute Gasteiger partial charge is 0.289 e. The molecule has 2 aromatic carbocycles. The van der Waals surface area contributed by atoms with Crippen LogP contribution in [0.15, 0.2) is 60.7 Å². The SMILES string of the molecule is CC(C)C(NC(=O)[C@H](C)NC(=O)[C@H](Cc1ccccc1)NC(=O)c1ccccc1)C(=O)C(=O)NCCN1CCCC1. The molecule has 1 aliphatic rings. The lowest BCUT2D eigenvalue weighted by Gasteiger charge is -2.25. The lowest BCUT2D eigenvalue weighted by Crippen LogP contribution is -2.57. The summed E-state index contributed by atoms with van der Waals surface area (Å²) in [5.41, 5.74) is 1.24. The van der Waals surface area contributed by atoms with Gasteiger partial charge < -0.3 is 26.2 Å². The summed E-state index contributed by atoms with van der Waals surface area (Å²) in [7, 11) is 0. The number of benzene rings is 2. The molecule has 1 saturated heterocycles. The van der Waals surface area contributed by atoms with Crippen molar-refractivity contribution >= 4 is 29.4 Å². The van der Waals surface area contributed by atoms with Gasteiger partial charge in [0.15, 0.2) is 0 Å². The Labute approximate surface area is 241 Å².